The summed E-state index contributed by atoms with van der Waals surface area (Å²) in [5, 5.41) is 8.97. The van der Waals surface area contributed by atoms with Crippen LogP contribution in [-0.2, 0) is 10.0 Å². The van der Waals surface area contributed by atoms with E-state index in [-0.39, 0.29) is 16.3 Å². The van der Waals surface area contributed by atoms with Crippen molar-refractivity contribution >= 4 is 27.4 Å². The van der Waals surface area contributed by atoms with Crippen LogP contribution in [0.15, 0.2) is 77.5 Å². The highest BCUT2D eigenvalue weighted by molar-refractivity contribution is 7.96. The smallest absolute Gasteiger partial charge is 0.356 e. The van der Waals surface area contributed by atoms with Crippen LogP contribution < -0.4 is 10.5 Å². The zero-order valence-electron chi connectivity index (χ0n) is 15.0. The van der Waals surface area contributed by atoms with Crippen molar-refractivity contribution in [2.24, 2.45) is 0 Å². The highest BCUT2D eigenvalue weighted by Gasteiger charge is 2.16. The molecule has 8 heteroatoms. The number of carbonyl (C=O) groups is 1. The van der Waals surface area contributed by atoms with Gasteiger partial charge in [-0.25, -0.2) is 18.2 Å². The molecule has 0 bridgehead atoms. The number of pyridine rings is 1. The van der Waals surface area contributed by atoms with Crippen molar-refractivity contribution in [2.75, 3.05) is 10.5 Å². The number of carboxylic acid groups (broad SMARTS) is 1. The van der Waals surface area contributed by atoms with E-state index in [1.54, 1.807) is 42.5 Å². The van der Waals surface area contributed by atoms with Crippen molar-refractivity contribution in [2.45, 2.75) is 0 Å². The summed E-state index contributed by atoms with van der Waals surface area (Å²) in [6, 6.07) is 8.05. The zero-order valence-corrected chi connectivity index (χ0v) is 15.8. The number of anilines is 2. The van der Waals surface area contributed by atoms with E-state index in [1.165, 1.54) is 24.4 Å². The molecule has 1 heterocycles. The average Bonchev–Trinajstić information content (AvgIpc) is 2.97. The van der Waals surface area contributed by atoms with Gasteiger partial charge in [0.25, 0.3) is 10.0 Å². The van der Waals surface area contributed by atoms with Crippen molar-refractivity contribution in [3.63, 3.8) is 0 Å². The molecule has 1 aliphatic carbocycles. The number of para-hydroxylation sites is 1. The number of hydrogen-bond donors (Lipinski definition) is 3. The minimum Gasteiger partial charge on any atom is -0.476 e. The zero-order chi connectivity index (χ0) is 20.9. The normalized spacial score (nSPS) is 12.5. The van der Waals surface area contributed by atoms with Gasteiger partial charge in [-0.1, -0.05) is 36.1 Å². The van der Waals surface area contributed by atoms with Crippen LogP contribution in [0.3, 0.4) is 0 Å². The van der Waals surface area contributed by atoms with Crippen molar-refractivity contribution in [1.82, 2.24) is 4.98 Å². The number of aromatic nitrogens is 1. The average molecular weight is 405 g/mol. The second-order valence-electron chi connectivity index (χ2n) is 5.80. The Labute approximate surface area is 167 Å². The summed E-state index contributed by atoms with van der Waals surface area (Å²) in [7, 11) is -3.83. The molecule has 0 fully saturated rings. The SMILES string of the molecule is Nc1cc(C#Cc2ccccc2NS(=O)(=O)C2=CC=CC=C=C2)cnc1C(=O)O. The molecule has 4 N–H and O–H groups in total. The summed E-state index contributed by atoms with van der Waals surface area (Å²) >= 11 is 0. The van der Waals surface area contributed by atoms with Crippen LogP contribution in [0, 0.1) is 11.8 Å². The minimum atomic E-state index is -3.83. The number of aromatic carboxylic acids is 1. The van der Waals surface area contributed by atoms with E-state index in [2.05, 4.69) is 27.3 Å². The van der Waals surface area contributed by atoms with Crippen molar-refractivity contribution < 1.29 is 18.3 Å². The molecule has 1 aromatic carbocycles. The van der Waals surface area contributed by atoms with Gasteiger partial charge in [0.2, 0.25) is 0 Å². The van der Waals surface area contributed by atoms with Gasteiger partial charge >= 0.3 is 5.97 Å². The van der Waals surface area contributed by atoms with Gasteiger partial charge in [0.05, 0.1) is 16.3 Å². The standard InChI is InChI=1S/C21H15N3O4S/c22-18-13-15(14-23-20(18)21(25)26)11-12-16-7-5-6-10-19(16)24-29(27,28)17-8-3-1-2-4-9-17/h1-3,5-10,13-14,24H,22H2,(H,25,26). The Morgan fingerprint density at radius 3 is 2.76 bits per heavy atom. The van der Waals surface area contributed by atoms with Gasteiger partial charge in [-0.3, -0.25) is 4.72 Å². The van der Waals surface area contributed by atoms with Crippen LogP contribution in [0.4, 0.5) is 11.4 Å². The molecule has 7 nitrogen and oxygen atoms in total. The topological polar surface area (TPSA) is 122 Å². The first-order valence-corrected chi connectivity index (χ1v) is 9.77. The molecular weight excluding hydrogens is 390 g/mol. The molecule has 0 radical (unpaired) electrons. The molecule has 0 spiro atoms. The van der Waals surface area contributed by atoms with E-state index in [1.807, 2.05) is 0 Å². The third-order valence-electron chi connectivity index (χ3n) is 3.73. The maximum absolute atomic E-state index is 12.7. The predicted molar refractivity (Wildman–Crippen MR) is 110 cm³/mol. The maximum atomic E-state index is 12.7. The number of nitrogen functional groups attached to an aromatic ring is 1. The lowest BCUT2D eigenvalue weighted by Crippen LogP contribution is -2.14. The van der Waals surface area contributed by atoms with Crippen LogP contribution in [0.2, 0.25) is 0 Å². The minimum absolute atomic E-state index is 0.00788. The largest absolute Gasteiger partial charge is 0.476 e. The maximum Gasteiger partial charge on any atom is 0.356 e. The van der Waals surface area contributed by atoms with Crippen LogP contribution in [0.5, 0.6) is 0 Å². The first kappa shape index (κ1) is 19.7. The Morgan fingerprint density at radius 1 is 1.21 bits per heavy atom. The summed E-state index contributed by atoms with van der Waals surface area (Å²) < 4.78 is 27.8. The van der Waals surface area contributed by atoms with E-state index in [0.717, 1.165) is 0 Å². The molecule has 0 amide bonds. The lowest BCUT2D eigenvalue weighted by atomic mass is 10.1. The molecule has 0 aliphatic heterocycles. The fraction of sp³-hybridized carbons (Fsp3) is 0. The van der Waals surface area contributed by atoms with Gasteiger partial charge in [0.1, 0.15) is 0 Å². The number of carboxylic acids is 1. The Balaban J connectivity index is 1.91. The van der Waals surface area contributed by atoms with Gasteiger partial charge in [0, 0.05) is 23.4 Å². The molecule has 144 valence electrons. The van der Waals surface area contributed by atoms with Gasteiger partial charge in [-0.15, -0.1) is 5.73 Å². The molecule has 0 saturated heterocycles. The van der Waals surface area contributed by atoms with Gasteiger partial charge in [-0.2, -0.15) is 0 Å². The summed E-state index contributed by atoms with van der Waals surface area (Å²) in [4.78, 5) is 14.8. The summed E-state index contributed by atoms with van der Waals surface area (Å²) in [6.07, 6.45) is 9.01. The lowest BCUT2D eigenvalue weighted by molar-refractivity contribution is 0.0691. The quantitative estimate of drug-likeness (QED) is 0.531. The van der Waals surface area contributed by atoms with Crippen LogP contribution >= 0.6 is 0 Å². The molecule has 1 aliphatic rings. The van der Waals surface area contributed by atoms with Gasteiger partial charge < -0.3 is 10.8 Å². The molecule has 2 aromatic rings. The van der Waals surface area contributed by atoms with Crippen molar-refractivity contribution in [1.29, 1.82) is 0 Å². The first-order valence-electron chi connectivity index (χ1n) is 8.29. The molecular formula is C21H15N3O4S. The number of benzene rings is 1. The van der Waals surface area contributed by atoms with Crippen LogP contribution in [-0.4, -0.2) is 24.5 Å². The van der Waals surface area contributed by atoms with Crippen molar-refractivity contribution in [3.05, 3.63) is 94.4 Å². The number of hydrogen-bond acceptors (Lipinski definition) is 5. The highest BCUT2D eigenvalue weighted by atomic mass is 32.2. The van der Waals surface area contributed by atoms with Crippen molar-refractivity contribution in [3.8, 4) is 11.8 Å². The Morgan fingerprint density at radius 2 is 2.00 bits per heavy atom. The summed E-state index contributed by atoms with van der Waals surface area (Å²) in [5.41, 5.74) is 9.30. The second-order valence-corrected chi connectivity index (χ2v) is 7.48. The summed E-state index contributed by atoms with van der Waals surface area (Å²) in [6.45, 7) is 0. The number of sulfonamides is 1. The molecule has 0 saturated carbocycles. The molecule has 0 unspecified atom stereocenters. The third-order valence-corrected chi connectivity index (χ3v) is 5.10. The fourth-order valence-corrected chi connectivity index (χ4v) is 3.43. The van der Waals surface area contributed by atoms with E-state index < -0.39 is 16.0 Å². The number of nitrogens with zero attached hydrogens (tertiary/aromatic N) is 1. The lowest BCUT2D eigenvalue weighted by Gasteiger charge is -2.09. The van der Waals surface area contributed by atoms with Gasteiger partial charge in [-0.05, 0) is 30.4 Å². The third kappa shape index (κ3) is 4.82. The number of nitrogens with two attached hydrogens (primary N) is 1. The van der Waals surface area contributed by atoms with Crippen LogP contribution in [0.25, 0.3) is 0 Å². The van der Waals surface area contributed by atoms with E-state index in [9.17, 15) is 13.2 Å². The van der Waals surface area contributed by atoms with E-state index >= 15 is 0 Å². The number of nitrogens with one attached hydrogen (secondary N) is 1. The Bertz CT molecular complexity index is 1270. The first-order chi connectivity index (χ1) is 13.9. The van der Waals surface area contributed by atoms with E-state index in [4.69, 9.17) is 10.8 Å². The predicted octanol–water partition coefficient (Wildman–Crippen LogP) is 2.67. The molecule has 0 atom stereocenters. The van der Waals surface area contributed by atoms with Crippen LogP contribution in [0.1, 0.15) is 21.6 Å². The summed E-state index contributed by atoms with van der Waals surface area (Å²) in [5.74, 6) is 4.44. The number of rotatable bonds is 4. The Kier molecular flexibility index (Phi) is 5.65. The monoisotopic (exact) mass is 405 g/mol. The number of allylic oxidation sites excluding steroid dienone is 4. The molecule has 3 rings (SSSR count). The Hall–Kier alpha value is -4.05. The fourth-order valence-electron chi connectivity index (χ4n) is 2.36. The molecule has 1 aromatic heterocycles. The molecule has 29 heavy (non-hydrogen) atoms. The van der Waals surface area contributed by atoms with Gasteiger partial charge in [0.15, 0.2) is 5.69 Å². The highest BCUT2D eigenvalue weighted by Crippen LogP contribution is 2.20. The second kappa shape index (κ2) is 8.31. The van der Waals surface area contributed by atoms with E-state index in [0.29, 0.717) is 16.8 Å².